The van der Waals surface area contributed by atoms with Crippen LogP contribution in [0, 0.1) is 5.41 Å². The van der Waals surface area contributed by atoms with E-state index in [9.17, 15) is 4.79 Å². The van der Waals surface area contributed by atoms with Crippen LogP contribution < -0.4 is 0 Å². The van der Waals surface area contributed by atoms with Crippen molar-refractivity contribution in [1.82, 2.24) is 0 Å². The van der Waals surface area contributed by atoms with Crippen molar-refractivity contribution in [3.8, 4) is 5.75 Å². The molecule has 0 aliphatic carbocycles. The Bertz CT molecular complexity index is 402. The lowest BCUT2D eigenvalue weighted by molar-refractivity contribution is -0.131. The Balaban J connectivity index is 3.08. The van der Waals surface area contributed by atoms with E-state index in [1.807, 2.05) is 0 Å². The molecule has 0 aromatic heterocycles. The highest BCUT2D eigenvalue weighted by molar-refractivity contribution is 6.20. The molecule has 78 valence electrons. The van der Waals surface area contributed by atoms with Crippen LogP contribution in [0.1, 0.15) is 12.5 Å². The van der Waals surface area contributed by atoms with Crippen molar-refractivity contribution in [3.05, 3.63) is 35.4 Å². The van der Waals surface area contributed by atoms with Crippen LogP contribution in [0.2, 0.25) is 0 Å². The van der Waals surface area contributed by atoms with Gasteiger partial charge in [0.1, 0.15) is 5.75 Å². The second-order valence-corrected chi connectivity index (χ2v) is 3.08. The molecule has 4 nitrogen and oxygen atoms in total. The highest BCUT2D eigenvalue weighted by Crippen LogP contribution is 2.13. The Morgan fingerprint density at radius 2 is 1.87 bits per heavy atom. The number of carboxylic acid groups (broad SMARTS) is 1. The van der Waals surface area contributed by atoms with Crippen molar-refractivity contribution in [1.29, 1.82) is 5.41 Å². The lowest BCUT2D eigenvalue weighted by atomic mass is 10.1. The molecule has 0 radical (unpaired) electrons. The lowest BCUT2D eigenvalue weighted by Gasteiger charge is -2.00. The van der Waals surface area contributed by atoms with Crippen molar-refractivity contribution in [2.45, 2.75) is 6.92 Å². The highest BCUT2D eigenvalue weighted by Gasteiger charge is 2.09. The fourth-order valence-electron chi connectivity index (χ4n) is 1.07. The van der Waals surface area contributed by atoms with Gasteiger partial charge in [0.05, 0.1) is 5.57 Å². The molecule has 0 saturated heterocycles. The van der Waals surface area contributed by atoms with Gasteiger partial charge in [0.2, 0.25) is 0 Å². The molecule has 0 aliphatic rings. The van der Waals surface area contributed by atoms with E-state index in [0.717, 1.165) is 0 Å². The summed E-state index contributed by atoms with van der Waals surface area (Å²) in [6.45, 7) is 1.42. The fraction of sp³-hybridized carbons (Fsp3) is 0.0909. The molecule has 0 heterocycles. The lowest BCUT2D eigenvalue weighted by Crippen LogP contribution is -2.07. The molecule has 0 fully saturated rings. The van der Waals surface area contributed by atoms with Crippen molar-refractivity contribution in [2.24, 2.45) is 0 Å². The minimum absolute atomic E-state index is 0.00410. The van der Waals surface area contributed by atoms with Crippen LogP contribution in [-0.4, -0.2) is 21.9 Å². The first-order valence-electron chi connectivity index (χ1n) is 4.30. The molecule has 0 aliphatic heterocycles. The van der Waals surface area contributed by atoms with E-state index in [0.29, 0.717) is 5.56 Å². The average Bonchev–Trinajstić information content (AvgIpc) is 2.15. The van der Waals surface area contributed by atoms with Gasteiger partial charge in [0, 0.05) is 5.71 Å². The summed E-state index contributed by atoms with van der Waals surface area (Å²) in [5.74, 6) is -1.01. The van der Waals surface area contributed by atoms with Crippen LogP contribution in [0.3, 0.4) is 0 Å². The first kappa shape index (κ1) is 11.0. The maximum atomic E-state index is 10.8. The molecule has 1 aromatic carbocycles. The number of rotatable bonds is 3. The molecule has 15 heavy (non-hydrogen) atoms. The number of phenolic OH excluding ortho intramolecular Hbond substituents is 1. The van der Waals surface area contributed by atoms with E-state index in [1.165, 1.54) is 25.1 Å². The molecule has 0 atom stereocenters. The second-order valence-electron chi connectivity index (χ2n) is 3.08. The standard InChI is InChI=1S/C11H11NO3/c1-7(12)10(11(14)15)6-8-2-4-9(13)5-3-8/h2-6,12-13H,1H3,(H,14,15)/b10-6-,12-7?. The van der Waals surface area contributed by atoms with Gasteiger partial charge in [-0.3, -0.25) is 0 Å². The number of aromatic hydroxyl groups is 1. The molecule has 4 heteroatoms. The highest BCUT2D eigenvalue weighted by atomic mass is 16.4. The van der Waals surface area contributed by atoms with Gasteiger partial charge < -0.3 is 15.6 Å². The maximum absolute atomic E-state index is 10.8. The zero-order valence-electron chi connectivity index (χ0n) is 8.19. The number of carboxylic acids is 1. The predicted molar refractivity (Wildman–Crippen MR) is 57.1 cm³/mol. The number of aliphatic carboxylic acids is 1. The van der Waals surface area contributed by atoms with E-state index in [1.54, 1.807) is 12.1 Å². The fourth-order valence-corrected chi connectivity index (χ4v) is 1.07. The van der Waals surface area contributed by atoms with Gasteiger partial charge in [-0.05, 0) is 30.7 Å². The smallest absolute Gasteiger partial charge is 0.337 e. The molecule has 1 rings (SSSR count). The Morgan fingerprint density at radius 1 is 1.33 bits per heavy atom. The van der Waals surface area contributed by atoms with E-state index in [4.69, 9.17) is 15.6 Å². The zero-order valence-corrected chi connectivity index (χ0v) is 8.19. The Labute approximate surface area is 87.0 Å². The largest absolute Gasteiger partial charge is 0.508 e. The number of carbonyl (C=O) groups is 1. The van der Waals surface area contributed by atoms with Gasteiger partial charge in [0.25, 0.3) is 0 Å². The van der Waals surface area contributed by atoms with Gasteiger partial charge in [0.15, 0.2) is 0 Å². The van der Waals surface area contributed by atoms with Crippen LogP contribution in [0.5, 0.6) is 5.75 Å². The number of benzene rings is 1. The monoisotopic (exact) mass is 205 g/mol. The summed E-state index contributed by atoms with van der Waals surface area (Å²) in [6.07, 6.45) is 1.39. The summed E-state index contributed by atoms with van der Waals surface area (Å²) in [5.41, 5.74) is 0.577. The first-order chi connectivity index (χ1) is 7.00. The molecule has 1 aromatic rings. The Morgan fingerprint density at radius 3 is 2.27 bits per heavy atom. The molecule has 3 N–H and O–H groups in total. The second kappa shape index (κ2) is 4.41. The predicted octanol–water partition coefficient (Wildman–Crippen LogP) is 1.90. The van der Waals surface area contributed by atoms with Crippen LogP contribution in [-0.2, 0) is 4.79 Å². The Hall–Kier alpha value is -2.10. The van der Waals surface area contributed by atoms with Crippen molar-refractivity contribution in [2.75, 3.05) is 0 Å². The number of phenols is 1. The van der Waals surface area contributed by atoms with Crippen molar-refractivity contribution >= 4 is 17.8 Å². The molecular weight excluding hydrogens is 194 g/mol. The van der Waals surface area contributed by atoms with E-state index in [2.05, 4.69) is 0 Å². The summed E-state index contributed by atoms with van der Waals surface area (Å²) in [5, 5.41) is 25.1. The third kappa shape index (κ3) is 2.95. The number of hydrogen-bond donors (Lipinski definition) is 3. The van der Waals surface area contributed by atoms with E-state index < -0.39 is 5.97 Å². The summed E-state index contributed by atoms with van der Waals surface area (Å²) < 4.78 is 0. The topological polar surface area (TPSA) is 81.4 Å². The number of hydrogen-bond acceptors (Lipinski definition) is 3. The summed E-state index contributed by atoms with van der Waals surface area (Å²) >= 11 is 0. The molecule has 0 unspecified atom stereocenters. The van der Waals surface area contributed by atoms with Crippen LogP contribution >= 0.6 is 0 Å². The van der Waals surface area contributed by atoms with Gasteiger partial charge >= 0.3 is 5.97 Å². The van der Waals surface area contributed by atoms with Gasteiger partial charge in [-0.25, -0.2) is 4.79 Å². The molecule has 0 saturated carbocycles. The molecule has 0 spiro atoms. The minimum atomic E-state index is -1.13. The minimum Gasteiger partial charge on any atom is -0.508 e. The zero-order chi connectivity index (χ0) is 11.4. The van der Waals surface area contributed by atoms with Gasteiger partial charge in [-0.15, -0.1) is 0 Å². The van der Waals surface area contributed by atoms with Crippen LogP contribution in [0.25, 0.3) is 6.08 Å². The van der Waals surface area contributed by atoms with Crippen LogP contribution in [0.15, 0.2) is 29.8 Å². The third-order valence-electron chi connectivity index (χ3n) is 1.84. The van der Waals surface area contributed by atoms with E-state index in [-0.39, 0.29) is 17.0 Å². The van der Waals surface area contributed by atoms with Gasteiger partial charge in [-0.1, -0.05) is 12.1 Å². The average molecular weight is 205 g/mol. The number of nitrogens with one attached hydrogen (secondary N) is 1. The quantitative estimate of drug-likeness (QED) is 0.520. The Kier molecular flexibility index (Phi) is 3.23. The van der Waals surface area contributed by atoms with Crippen molar-refractivity contribution < 1.29 is 15.0 Å². The molecule has 0 bridgehead atoms. The summed E-state index contributed by atoms with van der Waals surface area (Å²) in [6, 6.07) is 6.09. The normalized spacial score (nSPS) is 11.1. The first-order valence-corrected chi connectivity index (χ1v) is 4.30. The van der Waals surface area contributed by atoms with Crippen molar-refractivity contribution in [3.63, 3.8) is 0 Å². The van der Waals surface area contributed by atoms with Gasteiger partial charge in [-0.2, -0.15) is 0 Å². The third-order valence-corrected chi connectivity index (χ3v) is 1.84. The summed E-state index contributed by atoms with van der Waals surface area (Å²) in [4.78, 5) is 10.8. The molecule has 0 amide bonds. The summed E-state index contributed by atoms with van der Waals surface area (Å²) in [7, 11) is 0. The molecular formula is C11H11NO3. The van der Waals surface area contributed by atoms with Crippen LogP contribution in [0.4, 0.5) is 0 Å². The maximum Gasteiger partial charge on any atom is 0.337 e. The van der Waals surface area contributed by atoms with E-state index >= 15 is 0 Å². The SMILES string of the molecule is CC(=N)/C(=C/c1ccc(O)cc1)C(=O)O.